The maximum Gasteiger partial charge on any atom is 0.573 e. The van der Waals surface area contributed by atoms with Gasteiger partial charge in [0.05, 0.1) is 5.56 Å². The van der Waals surface area contributed by atoms with E-state index >= 15 is 0 Å². The third kappa shape index (κ3) is 6.11. The number of halogens is 6. The van der Waals surface area contributed by atoms with E-state index in [-0.39, 0.29) is 21.9 Å². The first kappa shape index (κ1) is 25.4. The minimum Gasteiger partial charge on any atom is -0.403 e. The Morgan fingerprint density at radius 1 is 0.829 bits per heavy atom. The first-order valence-electron chi connectivity index (χ1n) is 12.1. The molecule has 0 heterocycles. The summed E-state index contributed by atoms with van der Waals surface area (Å²) in [5.74, 6) is -2.20. The fraction of sp³-hybridized carbons (Fsp3) is 0.429. The Kier molecular flexibility index (Phi) is 7.62. The number of hydrogen-bond donors (Lipinski definition) is 0. The molecule has 0 radical (unpaired) electrons. The molecule has 7 heteroatoms. The summed E-state index contributed by atoms with van der Waals surface area (Å²) < 4.78 is 85.5. The van der Waals surface area contributed by atoms with E-state index in [1.807, 2.05) is 0 Å². The number of ether oxygens (including phenoxy) is 1. The highest BCUT2D eigenvalue weighted by atomic mass is 19.4. The Bertz CT molecular complexity index is 1160. The van der Waals surface area contributed by atoms with Crippen LogP contribution in [0.1, 0.15) is 57.4 Å². The maximum absolute atomic E-state index is 15.0. The number of aryl methyl sites for hydroxylation is 1. The molecule has 35 heavy (non-hydrogen) atoms. The van der Waals surface area contributed by atoms with E-state index < -0.39 is 29.6 Å². The first-order valence-corrected chi connectivity index (χ1v) is 12.1. The lowest BCUT2D eigenvalue weighted by molar-refractivity contribution is -0.275. The van der Waals surface area contributed by atoms with Gasteiger partial charge in [-0.3, -0.25) is 0 Å². The zero-order valence-corrected chi connectivity index (χ0v) is 19.5. The molecule has 188 valence electrons. The molecule has 0 aromatic heterocycles. The van der Waals surface area contributed by atoms with Gasteiger partial charge >= 0.3 is 6.36 Å². The summed E-state index contributed by atoms with van der Waals surface area (Å²) in [5, 5.41) is 0.0673. The average molecular weight is 495 g/mol. The van der Waals surface area contributed by atoms with E-state index in [4.69, 9.17) is 0 Å². The summed E-state index contributed by atoms with van der Waals surface area (Å²) in [6.45, 7) is 2.21. The third-order valence-electron chi connectivity index (χ3n) is 7.04. The lowest BCUT2D eigenvalue weighted by atomic mass is 9.78. The van der Waals surface area contributed by atoms with Crippen LogP contribution >= 0.6 is 0 Å². The van der Waals surface area contributed by atoms with Crippen molar-refractivity contribution < 1.29 is 31.1 Å². The fourth-order valence-corrected chi connectivity index (χ4v) is 5.26. The first-order chi connectivity index (χ1) is 16.6. The summed E-state index contributed by atoms with van der Waals surface area (Å²) in [6, 6.07) is 8.59. The molecule has 0 spiro atoms. The maximum atomic E-state index is 15.0. The topological polar surface area (TPSA) is 9.23 Å². The molecule has 0 bridgehead atoms. The van der Waals surface area contributed by atoms with Gasteiger partial charge in [-0.15, -0.1) is 13.2 Å². The minimum absolute atomic E-state index is 0.137. The van der Waals surface area contributed by atoms with Crippen molar-refractivity contribution in [3.8, 4) is 16.9 Å². The lowest BCUT2D eigenvalue weighted by Gasteiger charge is -2.28. The molecule has 0 atom stereocenters. The molecule has 1 aliphatic rings. The van der Waals surface area contributed by atoms with Gasteiger partial charge in [-0.2, -0.15) is 0 Å². The molecular formula is C28H28F6O. The zero-order valence-electron chi connectivity index (χ0n) is 19.5. The van der Waals surface area contributed by atoms with Crippen LogP contribution in [0, 0.1) is 29.3 Å². The number of rotatable bonds is 7. The molecule has 4 rings (SSSR count). The van der Waals surface area contributed by atoms with Gasteiger partial charge in [-0.25, -0.2) is 13.2 Å². The van der Waals surface area contributed by atoms with Gasteiger partial charge < -0.3 is 4.74 Å². The van der Waals surface area contributed by atoms with Crippen LogP contribution in [0.4, 0.5) is 26.3 Å². The van der Waals surface area contributed by atoms with Crippen LogP contribution in [0.2, 0.25) is 0 Å². The largest absolute Gasteiger partial charge is 0.573 e. The van der Waals surface area contributed by atoms with Gasteiger partial charge in [0, 0.05) is 5.39 Å². The normalized spacial score (nSPS) is 18.7. The van der Waals surface area contributed by atoms with Crippen molar-refractivity contribution in [2.45, 2.75) is 64.7 Å². The van der Waals surface area contributed by atoms with E-state index in [1.165, 1.54) is 62.1 Å². The Labute approximate surface area is 201 Å². The molecule has 0 amide bonds. The van der Waals surface area contributed by atoms with Crippen molar-refractivity contribution >= 4 is 10.8 Å². The van der Waals surface area contributed by atoms with E-state index in [0.29, 0.717) is 17.9 Å². The van der Waals surface area contributed by atoms with Crippen molar-refractivity contribution in [2.24, 2.45) is 11.8 Å². The molecule has 3 aromatic carbocycles. The summed E-state index contributed by atoms with van der Waals surface area (Å²) in [7, 11) is 0. The minimum atomic E-state index is -5.03. The molecular weight excluding hydrogens is 466 g/mol. The van der Waals surface area contributed by atoms with Gasteiger partial charge in [-0.1, -0.05) is 63.6 Å². The monoisotopic (exact) mass is 494 g/mol. The standard InChI is InChI=1S/C28H28F6O/c1-2-3-17-4-6-18(7-5-17)8-9-19-14-23(29)26(24(30)15-19)21-10-12-22-20(16-21)11-13-25(27(22)31)35-28(32,33)34/h10-18H,2-9H2,1H3. The van der Waals surface area contributed by atoms with Gasteiger partial charge in [0.25, 0.3) is 0 Å². The van der Waals surface area contributed by atoms with Gasteiger partial charge in [0.15, 0.2) is 11.6 Å². The van der Waals surface area contributed by atoms with E-state index in [9.17, 15) is 26.3 Å². The lowest BCUT2D eigenvalue weighted by Crippen LogP contribution is -2.18. The summed E-state index contributed by atoms with van der Waals surface area (Å²) in [6.07, 6.45) is 3.73. The van der Waals surface area contributed by atoms with Crippen LogP contribution in [0.25, 0.3) is 21.9 Å². The quantitative estimate of drug-likeness (QED) is 0.297. The van der Waals surface area contributed by atoms with Crippen LogP contribution in [0.15, 0.2) is 42.5 Å². The number of alkyl halides is 3. The highest BCUT2D eigenvalue weighted by Crippen LogP contribution is 2.36. The number of benzene rings is 3. The van der Waals surface area contributed by atoms with Crippen molar-refractivity contribution in [2.75, 3.05) is 0 Å². The summed E-state index contributed by atoms with van der Waals surface area (Å²) in [5.41, 5.74) is 0.532. The van der Waals surface area contributed by atoms with Crippen molar-refractivity contribution in [3.05, 3.63) is 65.5 Å². The Morgan fingerprint density at radius 3 is 2.06 bits per heavy atom. The molecule has 1 saturated carbocycles. The second kappa shape index (κ2) is 10.5. The van der Waals surface area contributed by atoms with Crippen LogP contribution in [-0.4, -0.2) is 6.36 Å². The molecule has 0 saturated heterocycles. The number of hydrogen-bond acceptors (Lipinski definition) is 1. The van der Waals surface area contributed by atoms with Gasteiger partial charge in [-0.05, 0) is 65.5 Å². The predicted molar refractivity (Wildman–Crippen MR) is 125 cm³/mol. The van der Waals surface area contributed by atoms with E-state index in [0.717, 1.165) is 31.2 Å². The summed E-state index contributed by atoms with van der Waals surface area (Å²) >= 11 is 0. The summed E-state index contributed by atoms with van der Waals surface area (Å²) in [4.78, 5) is 0. The predicted octanol–water partition coefficient (Wildman–Crippen LogP) is 9.36. The van der Waals surface area contributed by atoms with Crippen LogP contribution in [0.3, 0.4) is 0 Å². The van der Waals surface area contributed by atoms with Crippen molar-refractivity contribution in [3.63, 3.8) is 0 Å². The van der Waals surface area contributed by atoms with Crippen LogP contribution in [-0.2, 0) is 6.42 Å². The second-order valence-electron chi connectivity index (χ2n) is 9.51. The highest BCUT2D eigenvalue weighted by molar-refractivity contribution is 5.89. The Morgan fingerprint density at radius 2 is 1.46 bits per heavy atom. The Balaban J connectivity index is 1.50. The van der Waals surface area contributed by atoms with E-state index in [2.05, 4.69) is 11.7 Å². The average Bonchev–Trinajstić information content (AvgIpc) is 2.79. The fourth-order valence-electron chi connectivity index (χ4n) is 5.26. The van der Waals surface area contributed by atoms with Crippen molar-refractivity contribution in [1.29, 1.82) is 0 Å². The zero-order chi connectivity index (χ0) is 25.2. The van der Waals surface area contributed by atoms with Crippen LogP contribution < -0.4 is 4.74 Å². The molecule has 0 aliphatic heterocycles. The molecule has 1 aliphatic carbocycles. The van der Waals surface area contributed by atoms with Crippen molar-refractivity contribution in [1.82, 2.24) is 0 Å². The smallest absolute Gasteiger partial charge is 0.403 e. The van der Waals surface area contributed by atoms with Gasteiger partial charge in [0.2, 0.25) is 0 Å². The van der Waals surface area contributed by atoms with Gasteiger partial charge in [0.1, 0.15) is 11.6 Å². The Hall–Kier alpha value is -2.70. The molecule has 0 unspecified atom stereocenters. The molecule has 1 nitrogen and oxygen atoms in total. The molecule has 1 fully saturated rings. The van der Waals surface area contributed by atoms with E-state index in [1.54, 1.807) is 0 Å². The third-order valence-corrected chi connectivity index (χ3v) is 7.04. The molecule has 0 N–H and O–H groups in total. The SMILES string of the molecule is CCCC1CCC(CCc2cc(F)c(-c3ccc4c(F)c(OC(F)(F)F)ccc4c3)c(F)c2)CC1. The highest BCUT2D eigenvalue weighted by Gasteiger charge is 2.32. The van der Waals surface area contributed by atoms with Crippen LogP contribution in [0.5, 0.6) is 5.75 Å². The molecule has 3 aromatic rings. The second-order valence-corrected chi connectivity index (χ2v) is 9.51. The number of fused-ring (bicyclic) bond motifs is 1.